The lowest BCUT2D eigenvalue weighted by Crippen LogP contribution is -2.34. The molecule has 0 aromatic carbocycles. The van der Waals surface area contributed by atoms with E-state index in [-0.39, 0.29) is 5.91 Å². The van der Waals surface area contributed by atoms with Crippen LogP contribution in [0.2, 0.25) is 0 Å². The van der Waals surface area contributed by atoms with Gasteiger partial charge < -0.3 is 16.2 Å². The maximum absolute atomic E-state index is 10.8. The van der Waals surface area contributed by atoms with Crippen molar-refractivity contribution in [2.45, 2.75) is 25.9 Å². The average molecular weight is 160 g/mol. The van der Waals surface area contributed by atoms with Crippen molar-refractivity contribution in [1.82, 2.24) is 5.32 Å². The molecule has 66 valence electrons. The predicted molar refractivity (Wildman–Crippen MR) is 43.0 cm³/mol. The van der Waals surface area contributed by atoms with E-state index in [0.717, 1.165) is 0 Å². The summed E-state index contributed by atoms with van der Waals surface area (Å²) in [6, 6.07) is 0. The average Bonchev–Trinajstić information content (AvgIpc) is 2.00. The molecule has 0 bridgehead atoms. The van der Waals surface area contributed by atoms with E-state index in [2.05, 4.69) is 5.32 Å². The topological polar surface area (TPSA) is 75.3 Å². The minimum Gasteiger partial charge on any atom is -0.383 e. The lowest BCUT2D eigenvalue weighted by atomic mass is 10.2. The zero-order valence-corrected chi connectivity index (χ0v) is 6.84. The molecule has 0 aromatic heterocycles. The summed E-state index contributed by atoms with van der Waals surface area (Å²) in [7, 11) is 0. The molecule has 0 saturated heterocycles. The Balaban J connectivity index is 3.46. The first-order valence-corrected chi connectivity index (χ1v) is 3.88. The van der Waals surface area contributed by atoms with Crippen molar-refractivity contribution >= 4 is 5.91 Å². The molecule has 1 atom stereocenters. The van der Waals surface area contributed by atoms with Gasteiger partial charge >= 0.3 is 0 Å². The second-order valence-corrected chi connectivity index (χ2v) is 2.34. The summed E-state index contributed by atoms with van der Waals surface area (Å²) in [5, 5.41) is 11.6. The van der Waals surface area contributed by atoms with Gasteiger partial charge in [-0.15, -0.1) is 0 Å². The molecule has 0 heterocycles. The summed E-state index contributed by atoms with van der Waals surface area (Å²) in [5.41, 5.74) is 5.21. The summed E-state index contributed by atoms with van der Waals surface area (Å²) in [4.78, 5) is 10.8. The zero-order chi connectivity index (χ0) is 8.69. The van der Waals surface area contributed by atoms with Gasteiger partial charge in [-0.05, 0) is 26.3 Å². The SMILES string of the molecule is CCNC(=O)C(O)CCCN. The van der Waals surface area contributed by atoms with Crippen molar-refractivity contribution in [2.75, 3.05) is 13.1 Å². The van der Waals surface area contributed by atoms with Crippen LogP contribution < -0.4 is 11.1 Å². The highest BCUT2D eigenvalue weighted by Gasteiger charge is 2.11. The minimum absolute atomic E-state index is 0.305. The Morgan fingerprint density at radius 1 is 1.73 bits per heavy atom. The van der Waals surface area contributed by atoms with Crippen LogP contribution in [0.4, 0.5) is 0 Å². The number of nitrogens with one attached hydrogen (secondary N) is 1. The van der Waals surface area contributed by atoms with Crippen LogP contribution in [-0.4, -0.2) is 30.2 Å². The van der Waals surface area contributed by atoms with Gasteiger partial charge in [0.15, 0.2) is 0 Å². The molecule has 4 nitrogen and oxygen atoms in total. The summed E-state index contributed by atoms with van der Waals surface area (Å²) < 4.78 is 0. The molecule has 0 spiro atoms. The highest BCUT2D eigenvalue weighted by Crippen LogP contribution is 1.94. The molecule has 4 N–H and O–H groups in total. The molecule has 1 amide bonds. The van der Waals surface area contributed by atoms with Crippen LogP contribution in [0.5, 0.6) is 0 Å². The number of aliphatic hydroxyl groups is 1. The van der Waals surface area contributed by atoms with Gasteiger partial charge in [-0.1, -0.05) is 0 Å². The molecule has 0 fully saturated rings. The van der Waals surface area contributed by atoms with Gasteiger partial charge in [0.1, 0.15) is 6.10 Å². The molecule has 0 radical (unpaired) electrons. The van der Waals surface area contributed by atoms with Crippen molar-refractivity contribution < 1.29 is 9.90 Å². The van der Waals surface area contributed by atoms with E-state index >= 15 is 0 Å². The number of hydrogen-bond acceptors (Lipinski definition) is 3. The Morgan fingerprint density at radius 3 is 2.82 bits per heavy atom. The number of aliphatic hydroxyl groups excluding tert-OH is 1. The van der Waals surface area contributed by atoms with E-state index in [4.69, 9.17) is 10.8 Å². The van der Waals surface area contributed by atoms with Gasteiger partial charge in [-0.25, -0.2) is 0 Å². The van der Waals surface area contributed by atoms with Crippen LogP contribution in [0.25, 0.3) is 0 Å². The predicted octanol–water partition coefficient (Wildman–Crippen LogP) is -0.778. The summed E-state index contributed by atoms with van der Waals surface area (Å²) in [6.07, 6.45) is 0.235. The van der Waals surface area contributed by atoms with Crippen LogP contribution in [0, 0.1) is 0 Å². The molecular weight excluding hydrogens is 144 g/mol. The minimum atomic E-state index is -0.890. The number of rotatable bonds is 5. The van der Waals surface area contributed by atoms with E-state index in [0.29, 0.717) is 25.9 Å². The second kappa shape index (κ2) is 6.12. The molecule has 0 aliphatic rings. The summed E-state index contributed by atoms with van der Waals surface area (Å²) >= 11 is 0. The van der Waals surface area contributed by atoms with E-state index in [9.17, 15) is 4.79 Å². The molecule has 0 aliphatic heterocycles. The Hall–Kier alpha value is -0.610. The zero-order valence-electron chi connectivity index (χ0n) is 6.84. The second-order valence-electron chi connectivity index (χ2n) is 2.34. The third-order valence-corrected chi connectivity index (χ3v) is 1.34. The van der Waals surface area contributed by atoms with E-state index in [1.807, 2.05) is 6.92 Å². The number of nitrogens with two attached hydrogens (primary N) is 1. The normalized spacial score (nSPS) is 12.6. The number of likely N-dealkylation sites (N-methyl/N-ethyl adjacent to an activating group) is 1. The monoisotopic (exact) mass is 160 g/mol. The molecule has 0 aliphatic carbocycles. The van der Waals surface area contributed by atoms with E-state index in [1.165, 1.54) is 0 Å². The fourth-order valence-corrected chi connectivity index (χ4v) is 0.734. The van der Waals surface area contributed by atoms with Gasteiger partial charge in [-0.3, -0.25) is 4.79 Å². The smallest absolute Gasteiger partial charge is 0.248 e. The molecule has 0 aromatic rings. The number of carbonyl (C=O) groups excluding carboxylic acids is 1. The molecule has 11 heavy (non-hydrogen) atoms. The third-order valence-electron chi connectivity index (χ3n) is 1.34. The van der Waals surface area contributed by atoms with Crippen molar-refractivity contribution in [1.29, 1.82) is 0 Å². The van der Waals surface area contributed by atoms with Crippen molar-refractivity contribution in [2.24, 2.45) is 5.73 Å². The largest absolute Gasteiger partial charge is 0.383 e. The standard InChI is InChI=1S/C7H16N2O2/c1-2-9-7(11)6(10)4-3-5-8/h6,10H,2-5,8H2,1H3,(H,9,11). The van der Waals surface area contributed by atoms with Gasteiger partial charge in [-0.2, -0.15) is 0 Å². The summed E-state index contributed by atoms with van der Waals surface area (Å²) in [6.45, 7) is 2.88. The van der Waals surface area contributed by atoms with Crippen molar-refractivity contribution in [3.63, 3.8) is 0 Å². The molecule has 0 rings (SSSR count). The van der Waals surface area contributed by atoms with Crippen LogP contribution >= 0.6 is 0 Å². The Morgan fingerprint density at radius 2 is 2.36 bits per heavy atom. The first-order chi connectivity index (χ1) is 5.22. The van der Waals surface area contributed by atoms with Crippen molar-refractivity contribution in [3.8, 4) is 0 Å². The van der Waals surface area contributed by atoms with Crippen molar-refractivity contribution in [3.05, 3.63) is 0 Å². The first-order valence-electron chi connectivity index (χ1n) is 3.88. The lowest BCUT2D eigenvalue weighted by molar-refractivity contribution is -0.129. The van der Waals surface area contributed by atoms with Crippen LogP contribution in [0.15, 0.2) is 0 Å². The highest BCUT2D eigenvalue weighted by molar-refractivity contribution is 5.80. The number of amides is 1. The fourth-order valence-electron chi connectivity index (χ4n) is 0.734. The Kier molecular flexibility index (Phi) is 5.78. The molecule has 1 unspecified atom stereocenters. The van der Waals surface area contributed by atoms with Gasteiger partial charge in [0, 0.05) is 6.54 Å². The van der Waals surface area contributed by atoms with E-state index < -0.39 is 6.10 Å². The highest BCUT2D eigenvalue weighted by atomic mass is 16.3. The fraction of sp³-hybridized carbons (Fsp3) is 0.857. The van der Waals surface area contributed by atoms with Gasteiger partial charge in [0.05, 0.1) is 0 Å². The van der Waals surface area contributed by atoms with Crippen LogP contribution in [0.3, 0.4) is 0 Å². The Bertz CT molecular complexity index is 117. The molecular formula is C7H16N2O2. The summed E-state index contributed by atoms with van der Waals surface area (Å²) in [5.74, 6) is -0.305. The molecule has 0 saturated carbocycles. The maximum atomic E-state index is 10.8. The number of carbonyl (C=O) groups is 1. The lowest BCUT2D eigenvalue weighted by Gasteiger charge is -2.08. The first kappa shape index (κ1) is 10.4. The quantitative estimate of drug-likeness (QED) is 0.494. The van der Waals surface area contributed by atoms with Gasteiger partial charge in [0.25, 0.3) is 0 Å². The van der Waals surface area contributed by atoms with Gasteiger partial charge in [0.2, 0.25) is 5.91 Å². The third kappa shape index (κ3) is 4.75. The maximum Gasteiger partial charge on any atom is 0.248 e. The number of hydrogen-bond donors (Lipinski definition) is 3. The molecule has 4 heteroatoms. The Labute approximate surface area is 66.8 Å². The van der Waals surface area contributed by atoms with E-state index in [1.54, 1.807) is 0 Å². The van der Waals surface area contributed by atoms with Crippen LogP contribution in [0.1, 0.15) is 19.8 Å². The van der Waals surface area contributed by atoms with Crippen LogP contribution in [-0.2, 0) is 4.79 Å².